The predicted octanol–water partition coefficient (Wildman–Crippen LogP) is 3.76. The number of likely N-dealkylation sites (tertiary alicyclic amines) is 1. The minimum absolute atomic E-state index is 0.184. The van der Waals surface area contributed by atoms with Crippen molar-refractivity contribution >= 4 is 5.96 Å². The van der Waals surface area contributed by atoms with Gasteiger partial charge in [0.05, 0.1) is 19.2 Å². The molecule has 2 aromatic carbocycles. The molecule has 1 aliphatic rings. The monoisotopic (exact) mass is 380 g/mol. The summed E-state index contributed by atoms with van der Waals surface area (Å²) in [5.74, 6) is 1.76. The quantitative estimate of drug-likeness (QED) is 0.567. The van der Waals surface area contributed by atoms with Crippen molar-refractivity contribution in [3.05, 3.63) is 65.7 Å². The molecule has 2 N–H and O–H groups in total. The van der Waals surface area contributed by atoms with Gasteiger partial charge in [0, 0.05) is 19.2 Å². The fourth-order valence-electron chi connectivity index (χ4n) is 3.85. The SMILES string of the molecule is CN=C(NCC(c1ccccc1OC)N1CCCC1)NC(C)c1ccccc1. The van der Waals surface area contributed by atoms with E-state index in [-0.39, 0.29) is 12.1 Å². The average molecular weight is 381 g/mol. The molecule has 150 valence electrons. The summed E-state index contributed by atoms with van der Waals surface area (Å²) in [6.45, 7) is 5.18. The van der Waals surface area contributed by atoms with E-state index in [4.69, 9.17) is 4.74 Å². The van der Waals surface area contributed by atoms with Crippen LogP contribution >= 0.6 is 0 Å². The molecular formula is C23H32N4O. The standard InChI is InChI=1S/C23H32N4O/c1-18(19-11-5-4-6-12-19)26-23(24-2)25-17-21(27-15-9-10-16-27)20-13-7-8-14-22(20)28-3/h4-8,11-14,18,21H,9-10,15-17H2,1-3H3,(H2,24,25,26). The Labute approximate surface area is 168 Å². The summed E-state index contributed by atoms with van der Waals surface area (Å²) in [6, 6.07) is 19.2. The van der Waals surface area contributed by atoms with Crippen LogP contribution in [0.2, 0.25) is 0 Å². The number of para-hydroxylation sites is 1. The molecule has 0 aromatic heterocycles. The first kappa shape index (κ1) is 20.2. The molecule has 1 saturated heterocycles. The molecule has 1 aliphatic heterocycles. The Kier molecular flexibility index (Phi) is 7.31. The van der Waals surface area contributed by atoms with Gasteiger partial charge >= 0.3 is 0 Å². The first-order chi connectivity index (χ1) is 13.7. The third-order valence-corrected chi connectivity index (χ3v) is 5.42. The van der Waals surface area contributed by atoms with Crippen molar-refractivity contribution in [1.29, 1.82) is 0 Å². The largest absolute Gasteiger partial charge is 0.496 e. The van der Waals surface area contributed by atoms with Gasteiger partial charge in [-0.3, -0.25) is 9.89 Å². The zero-order chi connectivity index (χ0) is 19.8. The Bertz CT molecular complexity index is 756. The third kappa shape index (κ3) is 5.04. The van der Waals surface area contributed by atoms with Crippen molar-refractivity contribution in [3.63, 3.8) is 0 Å². The van der Waals surface area contributed by atoms with Crippen LogP contribution in [0, 0.1) is 0 Å². The summed E-state index contributed by atoms with van der Waals surface area (Å²) in [5.41, 5.74) is 2.47. The number of methoxy groups -OCH3 is 1. The summed E-state index contributed by atoms with van der Waals surface area (Å²) in [7, 11) is 3.57. The van der Waals surface area contributed by atoms with E-state index in [1.54, 1.807) is 7.11 Å². The number of benzene rings is 2. The van der Waals surface area contributed by atoms with Gasteiger partial charge in [0.15, 0.2) is 5.96 Å². The van der Waals surface area contributed by atoms with Crippen LogP contribution in [0.4, 0.5) is 0 Å². The maximum absolute atomic E-state index is 5.64. The van der Waals surface area contributed by atoms with Gasteiger partial charge in [0.2, 0.25) is 0 Å². The maximum atomic E-state index is 5.64. The number of hydrogen-bond donors (Lipinski definition) is 2. The molecular weight excluding hydrogens is 348 g/mol. The second kappa shape index (κ2) is 10.1. The van der Waals surface area contributed by atoms with Crippen LogP contribution in [0.25, 0.3) is 0 Å². The highest BCUT2D eigenvalue weighted by molar-refractivity contribution is 5.80. The molecule has 1 heterocycles. The van der Waals surface area contributed by atoms with Crippen LogP contribution in [0.5, 0.6) is 5.75 Å². The molecule has 5 heteroatoms. The first-order valence-corrected chi connectivity index (χ1v) is 10.1. The Morgan fingerprint density at radius 2 is 1.75 bits per heavy atom. The number of rotatable bonds is 7. The van der Waals surface area contributed by atoms with E-state index < -0.39 is 0 Å². The highest BCUT2D eigenvalue weighted by Gasteiger charge is 2.26. The van der Waals surface area contributed by atoms with E-state index in [0.29, 0.717) is 0 Å². The summed E-state index contributed by atoms with van der Waals surface area (Å²) in [4.78, 5) is 6.97. The molecule has 2 atom stereocenters. The maximum Gasteiger partial charge on any atom is 0.191 e. The number of ether oxygens (including phenoxy) is 1. The number of hydrogen-bond acceptors (Lipinski definition) is 3. The van der Waals surface area contributed by atoms with Crippen molar-refractivity contribution in [1.82, 2.24) is 15.5 Å². The molecule has 5 nitrogen and oxygen atoms in total. The van der Waals surface area contributed by atoms with E-state index in [2.05, 4.69) is 63.8 Å². The van der Waals surface area contributed by atoms with Crippen LogP contribution in [-0.2, 0) is 0 Å². The summed E-state index contributed by atoms with van der Waals surface area (Å²) < 4.78 is 5.64. The van der Waals surface area contributed by atoms with Crippen LogP contribution in [0.1, 0.15) is 43.0 Å². The summed E-state index contributed by atoms with van der Waals surface area (Å²) in [5, 5.41) is 7.04. The normalized spacial score (nSPS) is 17.2. The van der Waals surface area contributed by atoms with Crippen LogP contribution in [0.3, 0.4) is 0 Å². The second-order valence-electron chi connectivity index (χ2n) is 7.23. The lowest BCUT2D eigenvalue weighted by Crippen LogP contribution is -2.43. The lowest BCUT2D eigenvalue weighted by molar-refractivity contribution is 0.239. The Morgan fingerprint density at radius 3 is 2.43 bits per heavy atom. The minimum atomic E-state index is 0.184. The van der Waals surface area contributed by atoms with Gasteiger partial charge in [-0.05, 0) is 44.5 Å². The lowest BCUT2D eigenvalue weighted by atomic mass is 10.0. The van der Waals surface area contributed by atoms with E-state index in [0.717, 1.165) is 31.3 Å². The molecule has 2 aromatic rings. The zero-order valence-corrected chi connectivity index (χ0v) is 17.2. The zero-order valence-electron chi connectivity index (χ0n) is 17.2. The number of guanidine groups is 1. The Hall–Kier alpha value is -2.53. The number of nitrogens with one attached hydrogen (secondary N) is 2. The minimum Gasteiger partial charge on any atom is -0.496 e. The smallest absolute Gasteiger partial charge is 0.191 e. The molecule has 1 fully saturated rings. The van der Waals surface area contributed by atoms with Crippen molar-refractivity contribution in [2.45, 2.75) is 31.8 Å². The fraction of sp³-hybridized carbons (Fsp3) is 0.435. The van der Waals surface area contributed by atoms with Crippen molar-refractivity contribution in [2.24, 2.45) is 4.99 Å². The fourth-order valence-corrected chi connectivity index (χ4v) is 3.85. The summed E-state index contributed by atoms with van der Waals surface area (Å²) >= 11 is 0. The molecule has 28 heavy (non-hydrogen) atoms. The molecule has 0 amide bonds. The van der Waals surface area contributed by atoms with Gasteiger partial charge in [-0.1, -0.05) is 48.5 Å². The predicted molar refractivity (Wildman–Crippen MR) is 116 cm³/mol. The molecule has 0 saturated carbocycles. The third-order valence-electron chi connectivity index (χ3n) is 5.42. The van der Waals surface area contributed by atoms with Gasteiger partial charge < -0.3 is 15.4 Å². The van der Waals surface area contributed by atoms with Gasteiger partial charge in [0.1, 0.15) is 5.75 Å². The summed E-state index contributed by atoms with van der Waals surface area (Å²) in [6.07, 6.45) is 2.51. The Morgan fingerprint density at radius 1 is 1.07 bits per heavy atom. The lowest BCUT2D eigenvalue weighted by Gasteiger charge is -2.30. The van der Waals surface area contributed by atoms with Crippen molar-refractivity contribution in [2.75, 3.05) is 33.8 Å². The molecule has 0 bridgehead atoms. The Balaban J connectivity index is 1.70. The molecule has 2 unspecified atom stereocenters. The van der Waals surface area contributed by atoms with Crippen LogP contribution in [-0.4, -0.2) is 44.7 Å². The molecule has 0 aliphatic carbocycles. The van der Waals surface area contributed by atoms with E-state index >= 15 is 0 Å². The van der Waals surface area contributed by atoms with E-state index in [1.165, 1.54) is 24.0 Å². The van der Waals surface area contributed by atoms with Crippen LogP contribution < -0.4 is 15.4 Å². The highest BCUT2D eigenvalue weighted by Crippen LogP contribution is 2.31. The van der Waals surface area contributed by atoms with Crippen molar-refractivity contribution < 1.29 is 4.74 Å². The average Bonchev–Trinajstić information content (AvgIpc) is 3.28. The highest BCUT2D eigenvalue weighted by atomic mass is 16.5. The van der Waals surface area contributed by atoms with E-state index in [1.807, 2.05) is 25.2 Å². The molecule has 3 rings (SSSR count). The first-order valence-electron chi connectivity index (χ1n) is 10.1. The molecule has 0 spiro atoms. The number of aliphatic imine (C=N–C) groups is 1. The van der Waals surface area contributed by atoms with Gasteiger partial charge in [-0.25, -0.2) is 0 Å². The molecule has 0 radical (unpaired) electrons. The van der Waals surface area contributed by atoms with Gasteiger partial charge in [-0.15, -0.1) is 0 Å². The van der Waals surface area contributed by atoms with Gasteiger partial charge in [-0.2, -0.15) is 0 Å². The number of nitrogens with zero attached hydrogens (tertiary/aromatic N) is 2. The van der Waals surface area contributed by atoms with Crippen molar-refractivity contribution in [3.8, 4) is 5.75 Å². The van der Waals surface area contributed by atoms with Crippen LogP contribution in [0.15, 0.2) is 59.6 Å². The second-order valence-corrected chi connectivity index (χ2v) is 7.23. The van der Waals surface area contributed by atoms with Gasteiger partial charge in [0.25, 0.3) is 0 Å². The topological polar surface area (TPSA) is 48.9 Å². The van der Waals surface area contributed by atoms with E-state index in [9.17, 15) is 0 Å².